The number of rotatable bonds is 21. The number of carbonyl (C=O) groups is 4. The van der Waals surface area contributed by atoms with E-state index in [-0.39, 0.29) is 60.1 Å². The summed E-state index contributed by atoms with van der Waals surface area (Å²) in [4.78, 5) is 61.0. The molecule has 1 aliphatic carbocycles. The molecule has 24 nitrogen and oxygen atoms in total. The predicted octanol–water partition coefficient (Wildman–Crippen LogP) is 11.4. The number of para-hydroxylation sites is 1. The third kappa shape index (κ3) is 18.9. The van der Waals surface area contributed by atoms with Crippen LogP contribution in [0.15, 0.2) is 92.4 Å². The van der Waals surface area contributed by atoms with Gasteiger partial charge in [-0.3, -0.25) is 14.3 Å². The van der Waals surface area contributed by atoms with Crippen LogP contribution in [-0.2, 0) is 61.8 Å². The van der Waals surface area contributed by atoms with Gasteiger partial charge in [0.15, 0.2) is 32.6 Å². The lowest BCUT2D eigenvalue weighted by molar-refractivity contribution is -0.148. The number of hydrogen-bond donors (Lipinski definition) is 3. The van der Waals surface area contributed by atoms with Crippen molar-refractivity contribution in [1.82, 2.24) is 29.4 Å². The smallest absolute Gasteiger partial charge is 0.416 e. The van der Waals surface area contributed by atoms with Crippen molar-refractivity contribution in [2.75, 3.05) is 48.7 Å². The number of aryl methyl sites for hydroxylation is 2. The minimum absolute atomic E-state index is 0.00866. The third-order valence-corrected chi connectivity index (χ3v) is 17.4. The van der Waals surface area contributed by atoms with Crippen LogP contribution in [0.4, 0.5) is 37.7 Å². The van der Waals surface area contributed by atoms with Crippen molar-refractivity contribution >= 4 is 107 Å². The molecule has 1 aliphatic heterocycles. The van der Waals surface area contributed by atoms with E-state index in [2.05, 4.69) is 44.3 Å². The van der Waals surface area contributed by atoms with Gasteiger partial charge in [0, 0.05) is 48.4 Å². The van der Waals surface area contributed by atoms with Gasteiger partial charge in [-0.05, 0) is 108 Å². The molecular formula is C59H68Cl2F6N10O14S3. The van der Waals surface area contributed by atoms with Crippen LogP contribution in [0, 0.1) is 30.3 Å². The highest BCUT2D eigenvalue weighted by atomic mass is 35.5. The molecule has 6 aromatic rings. The molecule has 0 amide bonds. The second kappa shape index (κ2) is 32.9. The fourth-order valence-corrected chi connectivity index (χ4v) is 12.7. The van der Waals surface area contributed by atoms with Gasteiger partial charge in [-0.15, -0.1) is 5.10 Å². The number of Topliss-reactive ketones (excluding diaryl/α,β-unsaturated/α-hetero) is 1. The Morgan fingerprint density at radius 1 is 0.926 bits per heavy atom. The molecule has 0 fully saturated rings. The Morgan fingerprint density at radius 2 is 1.59 bits per heavy atom. The maximum absolute atomic E-state index is 13.7. The third-order valence-electron chi connectivity index (χ3n) is 13.5. The molecule has 3 atom stereocenters. The lowest BCUT2D eigenvalue weighted by Crippen LogP contribution is -2.48. The maximum Gasteiger partial charge on any atom is 0.416 e. The second-order valence-corrected chi connectivity index (χ2v) is 26.8. The number of sulfonamides is 1. The van der Waals surface area contributed by atoms with Crippen LogP contribution < -0.4 is 14.5 Å². The number of ether oxygens (including phenoxy) is 3. The van der Waals surface area contributed by atoms with Crippen LogP contribution in [0.1, 0.15) is 114 Å². The average Bonchev–Trinajstić information content (AvgIpc) is 1.56. The first-order chi connectivity index (χ1) is 44.0. The van der Waals surface area contributed by atoms with E-state index in [9.17, 15) is 72.6 Å². The number of nitrogens with zero attached hydrogens (tertiary/aromatic N) is 9. The summed E-state index contributed by atoms with van der Waals surface area (Å²) < 4.78 is 146. The van der Waals surface area contributed by atoms with Gasteiger partial charge in [0.05, 0.1) is 64.7 Å². The Labute approximate surface area is 551 Å². The number of hydrogen-bond acceptors (Lipinski definition) is 22. The van der Waals surface area contributed by atoms with Crippen LogP contribution in [0.3, 0.4) is 0 Å². The highest BCUT2D eigenvalue weighted by Crippen LogP contribution is 2.40. The fourth-order valence-electron chi connectivity index (χ4n) is 9.37. The number of esters is 2. The molecule has 2 aliphatic rings. The van der Waals surface area contributed by atoms with E-state index in [1.165, 1.54) is 26.1 Å². The van der Waals surface area contributed by atoms with Gasteiger partial charge in [0.25, 0.3) is 15.2 Å². The number of aliphatic hydroxyl groups is 1. The van der Waals surface area contributed by atoms with Crippen molar-refractivity contribution in [3.05, 3.63) is 122 Å². The largest absolute Gasteiger partial charge is 0.511 e. The van der Waals surface area contributed by atoms with Gasteiger partial charge < -0.3 is 29.3 Å². The molecule has 0 spiro atoms. The molecule has 35 heteroatoms. The number of hydrazone groups is 1. The van der Waals surface area contributed by atoms with Crippen molar-refractivity contribution in [2.24, 2.45) is 23.2 Å². The average molecular weight is 1420 g/mol. The van der Waals surface area contributed by atoms with Gasteiger partial charge in [-0.1, -0.05) is 61.6 Å². The summed E-state index contributed by atoms with van der Waals surface area (Å²) in [5, 5.41) is 37.7. The number of anilines is 2. The number of aliphatic hydroxyl groups excluding tert-OH is 1. The Balaban J connectivity index is 0.000000227. The normalized spacial score (nSPS) is 16.2. The Kier molecular flexibility index (Phi) is 26.8. The minimum atomic E-state index is -4.76. The van der Waals surface area contributed by atoms with Crippen LogP contribution in [0.25, 0.3) is 5.65 Å². The van der Waals surface area contributed by atoms with E-state index in [1.54, 1.807) is 43.7 Å². The number of allylic oxidation sites excluding steroid dienone is 2. The molecule has 8 rings (SSSR count). The van der Waals surface area contributed by atoms with E-state index in [4.69, 9.17) is 42.3 Å². The summed E-state index contributed by atoms with van der Waals surface area (Å²) >= 11 is 14.1. The molecule has 3 unspecified atom stereocenters. The summed E-state index contributed by atoms with van der Waals surface area (Å²) in [5.41, 5.74) is -2.77. The number of halogens is 8. The van der Waals surface area contributed by atoms with Gasteiger partial charge in [0.1, 0.15) is 41.0 Å². The predicted molar refractivity (Wildman–Crippen MR) is 338 cm³/mol. The van der Waals surface area contributed by atoms with E-state index in [0.717, 1.165) is 53.7 Å². The summed E-state index contributed by atoms with van der Waals surface area (Å²) in [6.07, 6.45) is 0.331. The number of aromatic hydroxyl groups is 1. The first-order valence-electron chi connectivity index (χ1n) is 28.6. The van der Waals surface area contributed by atoms with E-state index in [0.29, 0.717) is 81.0 Å². The number of fused-ring (bicyclic) bond motifs is 1. The molecule has 3 aromatic heterocycles. The summed E-state index contributed by atoms with van der Waals surface area (Å²) in [6.45, 7) is 15.6. The molecule has 0 bridgehead atoms. The monoisotopic (exact) mass is 1420 g/mol. The Morgan fingerprint density at radius 3 is 2.13 bits per heavy atom. The van der Waals surface area contributed by atoms with Crippen LogP contribution in [0.5, 0.6) is 11.9 Å². The zero-order valence-electron chi connectivity index (χ0n) is 52.6. The second-order valence-electron chi connectivity index (χ2n) is 20.7. The number of nitrogens with one attached hydrogen (secondary N) is 1. The van der Waals surface area contributed by atoms with Crippen LogP contribution >= 0.6 is 35.0 Å². The molecule has 3 aromatic carbocycles. The Hall–Kier alpha value is -8.01. The molecule has 4 heterocycles. The standard InChI is InChI=1S/C17H29NO3S.C16H18Cl2N2O4.C14H13F3N2O4S.C12H8F3N5O3S/c1-5-8-14(18-21-6-2)17-15(19)10-13(11-16(17)20)9-12(4)22-7-3;1-4-23-14(21)12-9-16(3,15(22)24-5-2)20(19-12)13-7-6-10(17)8-11(13)18;1-7-11(13(21)19(2)18-7)12(20)9-5-4-8(14(15,16)17)6-10(9)24(3,22)23;1-23-12-16-5-8(15)10-17-11(18-20(10)12)24(21,22)19-9-6(13)3-2-4-7(9)14/h12-13,19H,5-11H2,1-4H3;6-8H,4-5,9H2,1-3H3;4-6,21H,1-3H3;2-5,19H,1H3/b18-14-;;;. The number of ketones is 2. The maximum atomic E-state index is 13.7. The van der Waals surface area contributed by atoms with Gasteiger partial charge in [-0.2, -0.15) is 53.1 Å². The van der Waals surface area contributed by atoms with Crippen molar-refractivity contribution in [3.8, 4) is 11.9 Å². The van der Waals surface area contributed by atoms with Crippen LogP contribution in [0.2, 0.25) is 10.0 Å². The summed E-state index contributed by atoms with van der Waals surface area (Å²) in [6, 6.07) is 9.20. The van der Waals surface area contributed by atoms with Crippen LogP contribution in [-0.4, -0.2) is 141 Å². The van der Waals surface area contributed by atoms with Crippen molar-refractivity contribution in [3.63, 3.8) is 0 Å². The zero-order valence-corrected chi connectivity index (χ0v) is 56.5. The summed E-state index contributed by atoms with van der Waals surface area (Å²) in [5.74, 6) is -4.20. The SMILES string of the molecule is CCC/C(=N/OCC)C1=C(O)CC(CC(C)SCC)CC1=O.CCOC(=O)C1=NN(c2ccc(Cl)cc2Cl)C(C)(C(=O)OCC)C1.COc1ncc(F)c2nc(S(=O)(=O)Nc3c(F)cccc3F)nn12.Cc1nn(C)c(O)c1C(=O)c1ccc(C(F)(F)F)cc1S(C)(=O)=O. The lowest BCUT2D eigenvalue weighted by Gasteiger charge is -2.32. The number of methoxy groups -OCH3 is 1. The van der Waals surface area contributed by atoms with E-state index >= 15 is 0 Å². The van der Waals surface area contributed by atoms with Gasteiger partial charge >= 0.3 is 24.1 Å². The van der Waals surface area contributed by atoms with Crippen molar-refractivity contribution < 1.29 is 91.6 Å². The number of oxime groups is 1. The molecule has 0 radical (unpaired) electrons. The first kappa shape index (κ1) is 76.7. The highest BCUT2D eigenvalue weighted by molar-refractivity contribution is 7.99. The molecule has 0 saturated heterocycles. The minimum Gasteiger partial charge on any atom is -0.511 e. The highest BCUT2D eigenvalue weighted by Gasteiger charge is 2.50. The molecule has 512 valence electrons. The number of sulfone groups is 1. The van der Waals surface area contributed by atoms with Crippen molar-refractivity contribution in [2.45, 2.75) is 121 Å². The quantitative estimate of drug-likeness (QED) is 0.0198. The van der Waals surface area contributed by atoms with Gasteiger partial charge in [-0.25, -0.2) is 45.9 Å². The molecule has 3 N–H and O–H groups in total. The number of carbonyl (C=O) groups excluding carboxylic acids is 4. The lowest BCUT2D eigenvalue weighted by atomic mass is 9.82. The van der Waals surface area contributed by atoms with E-state index in [1.807, 2.05) is 25.6 Å². The van der Waals surface area contributed by atoms with E-state index < -0.39 is 105 Å². The molecular weight excluding hydrogens is 1350 g/mol. The number of aromatic nitrogens is 6. The number of alkyl halides is 3. The topological polar surface area (TPSA) is 315 Å². The fraction of sp³-hybridized carbons (Fsp3) is 0.424. The molecule has 0 saturated carbocycles. The number of thioether (sulfide) groups is 1. The first-order valence-corrected chi connectivity index (χ1v) is 33.7. The zero-order chi connectivity index (χ0) is 70.4. The Bertz CT molecular complexity index is 4100. The summed E-state index contributed by atoms with van der Waals surface area (Å²) in [7, 11) is -6.13. The number of benzene rings is 3. The van der Waals surface area contributed by atoms with Crippen molar-refractivity contribution in [1.29, 1.82) is 0 Å². The molecule has 94 heavy (non-hydrogen) atoms. The van der Waals surface area contributed by atoms with Gasteiger partial charge in [0.2, 0.25) is 11.7 Å².